The molecule has 0 N–H and O–H groups in total. The van der Waals surface area contributed by atoms with Crippen molar-refractivity contribution < 1.29 is 4.79 Å². The minimum atomic E-state index is -0.471. The maximum Gasteiger partial charge on any atom is 0.336 e. The molecule has 0 radical (unpaired) electrons. The van der Waals surface area contributed by atoms with Crippen LogP contribution in [0, 0.1) is 6.92 Å². The van der Waals surface area contributed by atoms with Crippen LogP contribution >= 0.6 is 11.3 Å². The SMILES string of the molecule is Cc1cccc(-n2c(=O)c3sccc3n(CC(=O)N3CCCCC3)c2=O)c1. The van der Waals surface area contributed by atoms with Crippen LogP contribution in [0.15, 0.2) is 45.3 Å². The summed E-state index contributed by atoms with van der Waals surface area (Å²) in [5, 5.41) is 1.79. The maximum atomic E-state index is 13.2. The van der Waals surface area contributed by atoms with Crippen LogP contribution in [0.2, 0.25) is 0 Å². The molecule has 4 rings (SSSR count). The summed E-state index contributed by atoms with van der Waals surface area (Å²) in [6.07, 6.45) is 3.13. The quantitative estimate of drug-likeness (QED) is 0.698. The highest BCUT2D eigenvalue weighted by Crippen LogP contribution is 2.17. The second kappa shape index (κ2) is 7.15. The summed E-state index contributed by atoms with van der Waals surface area (Å²) < 4.78 is 3.10. The van der Waals surface area contributed by atoms with Crippen molar-refractivity contribution in [2.24, 2.45) is 0 Å². The summed E-state index contributed by atoms with van der Waals surface area (Å²) in [5.41, 5.74) is 1.21. The number of aromatic nitrogens is 2. The van der Waals surface area contributed by atoms with E-state index in [2.05, 4.69) is 0 Å². The molecule has 0 bridgehead atoms. The molecular weight excluding hydrogens is 362 g/mol. The second-order valence-electron chi connectivity index (χ2n) is 6.92. The predicted molar refractivity (Wildman–Crippen MR) is 107 cm³/mol. The summed E-state index contributed by atoms with van der Waals surface area (Å²) in [5.74, 6) is -0.0706. The molecule has 7 heteroatoms. The first kappa shape index (κ1) is 17.7. The summed E-state index contributed by atoms with van der Waals surface area (Å²) in [6.45, 7) is 3.34. The van der Waals surface area contributed by atoms with Crippen LogP contribution in [0.3, 0.4) is 0 Å². The largest absolute Gasteiger partial charge is 0.341 e. The fraction of sp³-hybridized carbons (Fsp3) is 0.350. The molecule has 0 atom stereocenters. The zero-order valence-electron chi connectivity index (χ0n) is 15.2. The average Bonchev–Trinajstić information content (AvgIpc) is 3.16. The molecule has 1 aromatic carbocycles. The van der Waals surface area contributed by atoms with Gasteiger partial charge in [0, 0.05) is 13.1 Å². The first-order chi connectivity index (χ1) is 13.1. The normalized spacial score (nSPS) is 14.6. The number of rotatable bonds is 3. The third kappa shape index (κ3) is 3.23. The fourth-order valence-corrected chi connectivity index (χ4v) is 4.44. The Bertz CT molecular complexity index is 1120. The van der Waals surface area contributed by atoms with Crippen molar-refractivity contribution in [3.63, 3.8) is 0 Å². The Labute approximate surface area is 160 Å². The van der Waals surface area contributed by atoms with Crippen molar-refractivity contribution >= 4 is 27.5 Å². The van der Waals surface area contributed by atoms with E-state index in [1.54, 1.807) is 23.6 Å². The summed E-state index contributed by atoms with van der Waals surface area (Å²) in [4.78, 5) is 40.7. The van der Waals surface area contributed by atoms with Crippen LogP contribution in [0.25, 0.3) is 15.9 Å². The van der Waals surface area contributed by atoms with Crippen molar-refractivity contribution in [3.8, 4) is 5.69 Å². The predicted octanol–water partition coefficient (Wildman–Crippen LogP) is 2.53. The van der Waals surface area contributed by atoms with Gasteiger partial charge in [-0.15, -0.1) is 11.3 Å². The molecule has 0 spiro atoms. The van der Waals surface area contributed by atoms with Gasteiger partial charge in [-0.2, -0.15) is 0 Å². The van der Waals surface area contributed by atoms with Gasteiger partial charge in [0.2, 0.25) is 5.91 Å². The summed E-state index contributed by atoms with van der Waals surface area (Å²) >= 11 is 1.29. The number of hydrogen-bond acceptors (Lipinski definition) is 4. The van der Waals surface area contributed by atoms with Crippen LogP contribution in [0.5, 0.6) is 0 Å². The van der Waals surface area contributed by atoms with E-state index in [4.69, 9.17) is 0 Å². The number of amides is 1. The topological polar surface area (TPSA) is 64.3 Å². The molecule has 27 heavy (non-hydrogen) atoms. The van der Waals surface area contributed by atoms with Crippen LogP contribution in [-0.2, 0) is 11.3 Å². The molecule has 3 heterocycles. The number of thiophene rings is 1. The second-order valence-corrected chi connectivity index (χ2v) is 7.84. The Morgan fingerprint density at radius 1 is 1.11 bits per heavy atom. The number of nitrogens with zero attached hydrogens (tertiary/aromatic N) is 3. The van der Waals surface area contributed by atoms with Crippen molar-refractivity contribution in [2.45, 2.75) is 32.7 Å². The summed E-state index contributed by atoms with van der Waals surface area (Å²) in [7, 11) is 0. The molecule has 0 unspecified atom stereocenters. The molecule has 1 aliphatic rings. The van der Waals surface area contributed by atoms with E-state index < -0.39 is 5.69 Å². The van der Waals surface area contributed by atoms with Gasteiger partial charge in [0.05, 0.1) is 11.2 Å². The van der Waals surface area contributed by atoms with E-state index in [1.165, 1.54) is 20.5 Å². The van der Waals surface area contributed by atoms with Crippen LogP contribution in [0.1, 0.15) is 24.8 Å². The average molecular weight is 383 g/mol. The van der Waals surface area contributed by atoms with Gasteiger partial charge in [0.1, 0.15) is 11.2 Å². The minimum Gasteiger partial charge on any atom is -0.341 e. The lowest BCUT2D eigenvalue weighted by Gasteiger charge is -2.27. The molecule has 2 aromatic heterocycles. The molecule has 140 valence electrons. The Kier molecular flexibility index (Phi) is 4.70. The van der Waals surface area contributed by atoms with E-state index in [0.717, 1.165) is 37.9 Å². The number of likely N-dealkylation sites (tertiary alicyclic amines) is 1. The highest BCUT2D eigenvalue weighted by molar-refractivity contribution is 7.17. The maximum absolute atomic E-state index is 13.2. The smallest absolute Gasteiger partial charge is 0.336 e. The molecule has 1 saturated heterocycles. The van der Waals surface area contributed by atoms with Crippen molar-refractivity contribution in [2.75, 3.05) is 13.1 Å². The van der Waals surface area contributed by atoms with Crippen molar-refractivity contribution in [3.05, 3.63) is 62.1 Å². The Balaban J connectivity index is 1.85. The Morgan fingerprint density at radius 2 is 1.89 bits per heavy atom. The molecule has 1 fully saturated rings. The number of piperidine rings is 1. The lowest BCUT2D eigenvalue weighted by molar-refractivity contribution is -0.132. The molecule has 1 amide bonds. The van der Waals surface area contributed by atoms with E-state index in [0.29, 0.717) is 15.9 Å². The van der Waals surface area contributed by atoms with E-state index >= 15 is 0 Å². The molecular formula is C20H21N3O3S. The lowest BCUT2D eigenvalue weighted by Crippen LogP contribution is -2.43. The number of fused-ring (bicyclic) bond motifs is 1. The standard InChI is InChI=1S/C20H21N3O3S/c1-14-6-5-7-15(12-14)23-19(25)18-16(8-11-27-18)22(20(23)26)13-17(24)21-9-3-2-4-10-21/h5-8,11-12H,2-4,9-10,13H2,1H3. The van der Waals surface area contributed by atoms with Gasteiger partial charge in [-0.05, 0) is 55.3 Å². The number of benzene rings is 1. The Hall–Kier alpha value is -2.67. The summed E-state index contributed by atoms with van der Waals surface area (Å²) in [6, 6.07) is 9.02. The van der Waals surface area contributed by atoms with Crippen molar-refractivity contribution in [1.29, 1.82) is 0 Å². The van der Waals surface area contributed by atoms with E-state index in [-0.39, 0.29) is 18.0 Å². The molecule has 6 nitrogen and oxygen atoms in total. The van der Waals surface area contributed by atoms with Crippen LogP contribution in [-0.4, -0.2) is 33.0 Å². The molecule has 1 aliphatic heterocycles. The number of aryl methyl sites for hydroxylation is 1. The van der Waals surface area contributed by atoms with Crippen LogP contribution < -0.4 is 11.2 Å². The zero-order chi connectivity index (χ0) is 19.0. The lowest BCUT2D eigenvalue weighted by atomic mass is 10.1. The molecule has 0 saturated carbocycles. The highest BCUT2D eigenvalue weighted by Gasteiger charge is 2.21. The minimum absolute atomic E-state index is 0.0435. The third-order valence-electron chi connectivity index (χ3n) is 5.02. The van der Waals surface area contributed by atoms with E-state index in [1.807, 2.05) is 24.0 Å². The monoisotopic (exact) mass is 383 g/mol. The van der Waals surface area contributed by atoms with Gasteiger partial charge in [-0.3, -0.25) is 14.2 Å². The molecule has 3 aromatic rings. The first-order valence-corrected chi connectivity index (χ1v) is 10.0. The fourth-order valence-electron chi connectivity index (χ4n) is 3.61. The Morgan fingerprint density at radius 3 is 2.63 bits per heavy atom. The van der Waals surface area contributed by atoms with Gasteiger partial charge in [-0.1, -0.05) is 12.1 Å². The zero-order valence-corrected chi connectivity index (χ0v) is 16.0. The van der Waals surface area contributed by atoms with Gasteiger partial charge < -0.3 is 4.90 Å². The van der Waals surface area contributed by atoms with Crippen LogP contribution in [0.4, 0.5) is 0 Å². The van der Waals surface area contributed by atoms with Crippen molar-refractivity contribution in [1.82, 2.24) is 14.0 Å². The first-order valence-electron chi connectivity index (χ1n) is 9.14. The number of carbonyl (C=O) groups is 1. The third-order valence-corrected chi connectivity index (χ3v) is 5.91. The van der Waals surface area contributed by atoms with Gasteiger partial charge in [0.25, 0.3) is 5.56 Å². The number of hydrogen-bond donors (Lipinski definition) is 0. The number of carbonyl (C=O) groups excluding carboxylic acids is 1. The van der Waals surface area contributed by atoms with Gasteiger partial charge in [-0.25, -0.2) is 9.36 Å². The highest BCUT2D eigenvalue weighted by atomic mass is 32.1. The van der Waals surface area contributed by atoms with Gasteiger partial charge in [0.15, 0.2) is 0 Å². The van der Waals surface area contributed by atoms with Gasteiger partial charge >= 0.3 is 5.69 Å². The molecule has 0 aliphatic carbocycles. The van der Waals surface area contributed by atoms with E-state index in [9.17, 15) is 14.4 Å².